The van der Waals surface area contributed by atoms with E-state index in [9.17, 15) is 9.59 Å². The number of carboxylic acids is 1. The minimum atomic E-state index is -1.02. The smallest absolute Gasteiger partial charge is 0.326 e. The molecule has 0 fully saturated rings. The average molecular weight is 198 g/mol. The molecule has 0 aromatic carbocycles. The van der Waals surface area contributed by atoms with Crippen LogP contribution in [0.2, 0.25) is 0 Å². The molecule has 2 N–H and O–H groups in total. The Balaban J connectivity index is 4.28. The molecule has 0 bridgehead atoms. The maximum absolute atomic E-state index is 11.3. The molecule has 1 unspecified atom stereocenters. The lowest BCUT2D eigenvalue weighted by atomic mass is 10.2. The van der Waals surface area contributed by atoms with E-state index in [1.54, 1.807) is 6.92 Å². The van der Waals surface area contributed by atoms with Crippen LogP contribution >= 0.6 is 0 Å². The topological polar surface area (TPSA) is 69.6 Å². The standard InChI is InChI=1S/C9H14N2O3/c1-4-6-10-9(14)11(3)7(5-2)8(12)13/h1,7H,5-6H2,2-3H3,(H,10,14)(H,12,13). The second kappa shape index (κ2) is 5.86. The van der Waals surface area contributed by atoms with Gasteiger partial charge in [0.2, 0.25) is 0 Å². The molecule has 0 radical (unpaired) electrons. The summed E-state index contributed by atoms with van der Waals surface area (Å²) in [6.07, 6.45) is 5.30. The number of nitrogens with zero attached hydrogens (tertiary/aromatic N) is 1. The first-order valence-corrected chi connectivity index (χ1v) is 4.21. The quantitative estimate of drug-likeness (QED) is 0.630. The third-order valence-electron chi connectivity index (χ3n) is 1.80. The normalized spacial score (nSPS) is 11.2. The number of carboxylic acid groups (broad SMARTS) is 1. The van der Waals surface area contributed by atoms with Gasteiger partial charge in [-0.05, 0) is 6.42 Å². The minimum Gasteiger partial charge on any atom is -0.480 e. The Morgan fingerprint density at radius 2 is 2.21 bits per heavy atom. The summed E-state index contributed by atoms with van der Waals surface area (Å²) in [6.45, 7) is 1.79. The molecule has 78 valence electrons. The van der Waals surface area contributed by atoms with Gasteiger partial charge in [-0.3, -0.25) is 0 Å². The van der Waals surface area contributed by atoms with Crippen molar-refractivity contribution in [2.24, 2.45) is 0 Å². The first-order chi connectivity index (χ1) is 6.54. The van der Waals surface area contributed by atoms with Crippen molar-refractivity contribution >= 4 is 12.0 Å². The first kappa shape index (κ1) is 12.3. The number of amides is 2. The molecule has 0 aliphatic rings. The molecule has 0 saturated heterocycles. The summed E-state index contributed by atoms with van der Waals surface area (Å²) in [5, 5.41) is 11.1. The largest absolute Gasteiger partial charge is 0.480 e. The molecule has 0 aliphatic heterocycles. The lowest BCUT2D eigenvalue weighted by Gasteiger charge is -2.23. The van der Waals surface area contributed by atoms with Gasteiger partial charge in [0.25, 0.3) is 0 Å². The number of likely N-dealkylation sites (N-methyl/N-ethyl adjacent to an activating group) is 1. The second-order valence-electron chi connectivity index (χ2n) is 2.74. The number of hydrogen-bond donors (Lipinski definition) is 2. The van der Waals surface area contributed by atoms with Gasteiger partial charge in [-0.15, -0.1) is 6.42 Å². The molecule has 0 rings (SSSR count). The second-order valence-corrected chi connectivity index (χ2v) is 2.74. The highest BCUT2D eigenvalue weighted by Crippen LogP contribution is 2.01. The molecule has 0 aromatic heterocycles. The van der Waals surface area contributed by atoms with Crippen molar-refractivity contribution in [2.45, 2.75) is 19.4 Å². The van der Waals surface area contributed by atoms with Crippen molar-refractivity contribution in [3.63, 3.8) is 0 Å². The number of nitrogens with one attached hydrogen (secondary N) is 1. The van der Waals surface area contributed by atoms with Crippen LogP contribution in [0.3, 0.4) is 0 Å². The van der Waals surface area contributed by atoms with Crippen molar-refractivity contribution in [3.05, 3.63) is 0 Å². The third-order valence-corrected chi connectivity index (χ3v) is 1.80. The van der Waals surface area contributed by atoms with Gasteiger partial charge < -0.3 is 15.3 Å². The minimum absolute atomic E-state index is 0.0965. The highest BCUT2D eigenvalue weighted by molar-refractivity contribution is 5.82. The highest BCUT2D eigenvalue weighted by Gasteiger charge is 2.23. The van der Waals surface area contributed by atoms with E-state index >= 15 is 0 Å². The van der Waals surface area contributed by atoms with Crippen LogP contribution < -0.4 is 5.32 Å². The van der Waals surface area contributed by atoms with Gasteiger partial charge in [0.1, 0.15) is 6.04 Å². The first-order valence-electron chi connectivity index (χ1n) is 4.21. The van der Waals surface area contributed by atoms with Gasteiger partial charge in [0.15, 0.2) is 0 Å². The molecule has 14 heavy (non-hydrogen) atoms. The van der Waals surface area contributed by atoms with E-state index in [4.69, 9.17) is 11.5 Å². The van der Waals surface area contributed by atoms with Gasteiger partial charge in [-0.2, -0.15) is 0 Å². The summed E-state index contributed by atoms with van der Waals surface area (Å²) >= 11 is 0. The van der Waals surface area contributed by atoms with E-state index in [0.717, 1.165) is 4.90 Å². The molecule has 0 aromatic rings. The average Bonchev–Trinajstić information content (AvgIpc) is 2.14. The van der Waals surface area contributed by atoms with Crippen LogP contribution in [-0.4, -0.2) is 41.6 Å². The summed E-state index contributed by atoms with van der Waals surface area (Å²) in [7, 11) is 1.42. The van der Waals surface area contributed by atoms with E-state index in [1.807, 2.05) is 0 Å². The molecule has 0 aliphatic carbocycles. The monoisotopic (exact) mass is 198 g/mol. The van der Waals surface area contributed by atoms with Crippen molar-refractivity contribution in [1.29, 1.82) is 0 Å². The maximum Gasteiger partial charge on any atom is 0.326 e. The maximum atomic E-state index is 11.3. The molecule has 1 atom stereocenters. The number of hydrogen-bond acceptors (Lipinski definition) is 2. The number of carbonyl (C=O) groups excluding carboxylic acids is 1. The Hall–Kier alpha value is -1.70. The predicted octanol–water partition coefficient (Wildman–Crippen LogP) is 0.124. The lowest BCUT2D eigenvalue weighted by molar-refractivity contribution is -0.141. The summed E-state index contributed by atoms with van der Waals surface area (Å²) in [5.74, 6) is 1.21. The van der Waals surface area contributed by atoms with Crippen LogP contribution in [0.4, 0.5) is 4.79 Å². The van der Waals surface area contributed by atoms with Crippen LogP contribution in [0.5, 0.6) is 0 Å². The number of terminal acetylenes is 1. The van der Waals surface area contributed by atoms with Crippen LogP contribution in [0, 0.1) is 12.3 Å². The van der Waals surface area contributed by atoms with Crippen LogP contribution in [0.15, 0.2) is 0 Å². The molecule has 5 heteroatoms. The molecule has 0 heterocycles. The molecular weight excluding hydrogens is 184 g/mol. The molecule has 5 nitrogen and oxygen atoms in total. The van der Waals surface area contributed by atoms with E-state index in [1.165, 1.54) is 7.05 Å². The number of rotatable bonds is 4. The van der Waals surface area contributed by atoms with Crippen molar-refractivity contribution < 1.29 is 14.7 Å². The van der Waals surface area contributed by atoms with E-state index in [2.05, 4.69) is 11.2 Å². The summed E-state index contributed by atoms with van der Waals surface area (Å²) in [4.78, 5) is 23.1. The van der Waals surface area contributed by atoms with Gasteiger partial charge in [-0.25, -0.2) is 9.59 Å². The van der Waals surface area contributed by atoms with E-state index < -0.39 is 18.0 Å². The molecular formula is C9H14N2O3. The van der Waals surface area contributed by atoms with Crippen LogP contribution in [-0.2, 0) is 4.79 Å². The number of aliphatic carboxylic acids is 1. The molecule has 2 amide bonds. The van der Waals surface area contributed by atoms with Crippen LogP contribution in [0.1, 0.15) is 13.3 Å². The number of carbonyl (C=O) groups is 2. The fourth-order valence-electron chi connectivity index (χ4n) is 1.01. The van der Waals surface area contributed by atoms with Crippen LogP contribution in [0.25, 0.3) is 0 Å². The van der Waals surface area contributed by atoms with Crippen molar-refractivity contribution in [3.8, 4) is 12.3 Å². The summed E-state index contributed by atoms with van der Waals surface area (Å²) < 4.78 is 0. The molecule has 0 spiro atoms. The summed E-state index contributed by atoms with van der Waals surface area (Å²) in [6, 6.07) is -1.29. The lowest BCUT2D eigenvalue weighted by Crippen LogP contribution is -2.47. The summed E-state index contributed by atoms with van der Waals surface area (Å²) in [5.41, 5.74) is 0. The fourth-order valence-corrected chi connectivity index (χ4v) is 1.01. The van der Waals surface area contributed by atoms with Crippen molar-refractivity contribution in [2.75, 3.05) is 13.6 Å². The van der Waals surface area contributed by atoms with Gasteiger partial charge >= 0.3 is 12.0 Å². The Labute approximate surface area is 83.1 Å². The molecule has 0 saturated carbocycles. The zero-order valence-electron chi connectivity index (χ0n) is 8.28. The Bertz CT molecular complexity index is 257. The van der Waals surface area contributed by atoms with E-state index in [0.29, 0.717) is 6.42 Å². The highest BCUT2D eigenvalue weighted by atomic mass is 16.4. The van der Waals surface area contributed by atoms with E-state index in [-0.39, 0.29) is 6.54 Å². The fraction of sp³-hybridized carbons (Fsp3) is 0.556. The zero-order valence-corrected chi connectivity index (χ0v) is 8.28. The number of urea groups is 1. The van der Waals surface area contributed by atoms with Gasteiger partial charge in [-0.1, -0.05) is 12.8 Å². The SMILES string of the molecule is C#CCNC(=O)N(C)C(CC)C(=O)O. The third kappa shape index (κ3) is 3.35. The van der Waals surface area contributed by atoms with Gasteiger partial charge in [0.05, 0.1) is 6.54 Å². The van der Waals surface area contributed by atoms with Crippen molar-refractivity contribution in [1.82, 2.24) is 10.2 Å². The van der Waals surface area contributed by atoms with Gasteiger partial charge in [0, 0.05) is 7.05 Å². The Kier molecular flexibility index (Phi) is 5.15. The predicted molar refractivity (Wildman–Crippen MR) is 51.7 cm³/mol. The zero-order chi connectivity index (χ0) is 11.1. The Morgan fingerprint density at radius 1 is 1.64 bits per heavy atom. The Morgan fingerprint density at radius 3 is 2.57 bits per heavy atom.